The molecule has 1 aromatic carbocycles. The number of methoxy groups -OCH3 is 1. The molecule has 1 N–H and O–H groups in total. The largest absolute Gasteiger partial charge is 0.481 e. The van der Waals surface area contributed by atoms with E-state index < -0.39 is 11.5 Å². The van der Waals surface area contributed by atoms with Crippen molar-refractivity contribution in [3.63, 3.8) is 0 Å². The zero-order chi connectivity index (χ0) is 20.5. The van der Waals surface area contributed by atoms with E-state index in [2.05, 4.69) is 15.3 Å². The van der Waals surface area contributed by atoms with Crippen LogP contribution < -0.4 is 5.56 Å². The third kappa shape index (κ3) is 3.34. The molecule has 4 rings (SSSR count). The van der Waals surface area contributed by atoms with Crippen molar-refractivity contribution in [3.8, 4) is 11.1 Å². The van der Waals surface area contributed by atoms with Crippen LogP contribution in [-0.4, -0.2) is 42.6 Å². The number of hydrogen-bond acceptors (Lipinski definition) is 6. The third-order valence-corrected chi connectivity index (χ3v) is 4.51. The third-order valence-electron chi connectivity index (χ3n) is 4.51. The molecule has 0 saturated heterocycles. The van der Waals surface area contributed by atoms with Gasteiger partial charge in [-0.3, -0.25) is 9.59 Å². The second-order valence-electron chi connectivity index (χ2n) is 6.39. The van der Waals surface area contributed by atoms with E-state index in [-0.39, 0.29) is 30.9 Å². The van der Waals surface area contributed by atoms with Crippen molar-refractivity contribution in [2.24, 2.45) is 0 Å². The Morgan fingerprint density at radius 2 is 1.97 bits per heavy atom. The molecule has 0 fully saturated rings. The summed E-state index contributed by atoms with van der Waals surface area (Å²) in [6.07, 6.45) is 1.32. The maximum absolute atomic E-state index is 13.3. The van der Waals surface area contributed by atoms with Crippen molar-refractivity contribution in [2.45, 2.75) is 19.6 Å². The fourth-order valence-corrected chi connectivity index (χ4v) is 3.17. The Bertz CT molecular complexity index is 1280. The zero-order valence-electron chi connectivity index (χ0n) is 15.4. The quantitative estimate of drug-likeness (QED) is 0.529. The van der Waals surface area contributed by atoms with Gasteiger partial charge in [0, 0.05) is 19.9 Å². The van der Waals surface area contributed by atoms with Crippen LogP contribution in [0.2, 0.25) is 0 Å². The first kappa shape index (κ1) is 18.7. The molecule has 0 radical (unpaired) electrons. The molecule has 3 aromatic heterocycles. The first-order valence-electron chi connectivity index (χ1n) is 8.73. The molecule has 0 atom stereocenters. The van der Waals surface area contributed by atoms with Crippen LogP contribution in [0, 0.1) is 5.82 Å². The van der Waals surface area contributed by atoms with E-state index in [4.69, 9.17) is 9.84 Å². The van der Waals surface area contributed by atoms with Crippen LogP contribution in [0.15, 0.2) is 41.3 Å². The number of aromatic nitrogens is 5. The van der Waals surface area contributed by atoms with Crippen LogP contribution in [-0.2, 0) is 22.7 Å². The highest BCUT2D eigenvalue weighted by molar-refractivity contribution is 5.84. The number of carbonyl (C=O) groups is 1. The van der Waals surface area contributed by atoms with Gasteiger partial charge in [-0.15, -0.1) is 10.2 Å². The Hall–Kier alpha value is -3.66. The van der Waals surface area contributed by atoms with Gasteiger partial charge in [-0.25, -0.2) is 8.91 Å². The first-order valence-corrected chi connectivity index (χ1v) is 8.73. The molecule has 29 heavy (non-hydrogen) atoms. The van der Waals surface area contributed by atoms with Crippen LogP contribution >= 0.6 is 0 Å². The van der Waals surface area contributed by atoms with Gasteiger partial charge in [0.1, 0.15) is 11.3 Å². The van der Waals surface area contributed by atoms with Gasteiger partial charge < -0.3 is 14.4 Å². The Labute approximate surface area is 163 Å². The van der Waals surface area contributed by atoms with Crippen molar-refractivity contribution in [1.29, 1.82) is 0 Å². The number of nitrogens with zero attached hydrogens (tertiary/aromatic N) is 5. The predicted octanol–water partition coefficient (Wildman–Crippen LogP) is 1.87. The zero-order valence-corrected chi connectivity index (χ0v) is 15.4. The number of carboxylic acids is 1. The lowest BCUT2D eigenvalue weighted by Crippen LogP contribution is -2.22. The summed E-state index contributed by atoms with van der Waals surface area (Å²) in [4.78, 5) is 23.5. The fraction of sp³-hybridized carbons (Fsp3) is 0.211. The van der Waals surface area contributed by atoms with Crippen molar-refractivity contribution >= 4 is 22.6 Å². The molecule has 0 bridgehead atoms. The molecule has 0 unspecified atom stereocenters. The number of hydrogen-bond donors (Lipinski definition) is 1. The summed E-state index contributed by atoms with van der Waals surface area (Å²) in [7, 11) is 1.53. The summed E-state index contributed by atoms with van der Waals surface area (Å²) in [5, 5.41) is 21.6. The highest BCUT2D eigenvalue weighted by Crippen LogP contribution is 2.29. The number of halogens is 1. The normalized spacial score (nSPS) is 11.4. The summed E-state index contributed by atoms with van der Waals surface area (Å²) in [5.41, 5.74) is 2.34. The molecule has 0 spiro atoms. The van der Waals surface area contributed by atoms with Crippen LogP contribution in [0.25, 0.3) is 27.8 Å². The number of fused-ring (bicyclic) bond motifs is 3. The molecule has 0 aliphatic rings. The van der Waals surface area contributed by atoms with Gasteiger partial charge in [0.25, 0.3) is 5.56 Å². The van der Waals surface area contributed by atoms with E-state index >= 15 is 0 Å². The Kier molecular flexibility index (Phi) is 4.77. The van der Waals surface area contributed by atoms with Gasteiger partial charge >= 0.3 is 5.97 Å². The van der Waals surface area contributed by atoms with Crippen molar-refractivity contribution in [3.05, 3.63) is 58.4 Å². The minimum absolute atomic E-state index is 0.0265. The van der Waals surface area contributed by atoms with Crippen LogP contribution in [0.5, 0.6) is 0 Å². The van der Waals surface area contributed by atoms with Crippen molar-refractivity contribution in [2.75, 3.05) is 7.11 Å². The smallest absolute Gasteiger partial charge is 0.305 e. The average molecular weight is 397 g/mol. The van der Waals surface area contributed by atoms with E-state index in [1.165, 1.54) is 34.5 Å². The Morgan fingerprint density at radius 1 is 1.21 bits per heavy atom. The van der Waals surface area contributed by atoms with Crippen LogP contribution in [0.4, 0.5) is 4.39 Å². The molecule has 3 heterocycles. The maximum atomic E-state index is 13.3. The average Bonchev–Trinajstić information content (AvgIpc) is 3.07. The lowest BCUT2D eigenvalue weighted by Gasteiger charge is -2.06. The highest BCUT2D eigenvalue weighted by atomic mass is 19.1. The molecule has 0 amide bonds. The minimum atomic E-state index is -1.00. The number of rotatable bonds is 6. The SMILES string of the molecule is COCc1nn2c(nnc3c(=O)n(CCC(=O)O)ccc32)c1-c1ccc(F)cc1. The molecule has 0 aliphatic heterocycles. The predicted molar refractivity (Wildman–Crippen MR) is 101 cm³/mol. The number of aliphatic carboxylic acids is 1. The van der Waals surface area contributed by atoms with Crippen LogP contribution in [0.1, 0.15) is 12.1 Å². The second kappa shape index (κ2) is 7.40. The maximum Gasteiger partial charge on any atom is 0.305 e. The standard InChI is InChI=1S/C19H16FN5O4/c1-29-10-13-16(11-2-4-12(20)5-3-11)18-22-21-17-14(25(18)23-13)6-8-24(19(17)28)9-7-15(26)27/h2-6,8H,7,9-10H2,1H3,(H,26,27). The van der Waals surface area contributed by atoms with Gasteiger partial charge in [-0.1, -0.05) is 12.1 Å². The van der Waals surface area contributed by atoms with E-state index in [1.807, 2.05) is 0 Å². The molecule has 10 heteroatoms. The molecule has 0 aliphatic carbocycles. The number of carboxylic acid groups (broad SMARTS) is 1. The van der Waals surface area contributed by atoms with Crippen LogP contribution in [0.3, 0.4) is 0 Å². The topological polar surface area (TPSA) is 112 Å². The number of aryl methyl sites for hydroxylation is 1. The monoisotopic (exact) mass is 397 g/mol. The van der Waals surface area contributed by atoms with Gasteiger partial charge in [-0.05, 0) is 23.8 Å². The summed E-state index contributed by atoms with van der Waals surface area (Å²) in [6, 6.07) is 7.54. The molecule has 4 aromatic rings. The molecule has 9 nitrogen and oxygen atoms in total. The molecule has 0 saturated carbocycles. The van der Waals surface area contributed by atoms with Gasteiger partial charge in [0.05, 0.1) is 24.3 Å². The van der Waals surface area contributed by atoms with Gasteiger partial charge in [-0.2, -0.15) is 5.10 Å². The summed E-state index contributed by atoms with van der Waals surface area (Å²) in [6.45, 7) is 0.214. The van der Waals surface area contributed by atoms with Crippen molar-refractivity contribution < 1.29 is 19.0 Å². The lowest BCUT2D eigenvalue weighted by molar-refractivity contribution is -0.137. The highest BCUT2D eigenvalue weighted by Gasteiger charge is 2.19. The van der Waals surface area contributed by atoms with E-state index in [0.29, 0.717) is 28.0 Å². The summed E-state index contributed by atoms with van der Waals surface area (Å²) >= 11 is 0. The summed E-state index contributed by atoms with van der Waals surface area (Å²) < 4.78 is 21.4. The van der Waals surface area contributed by atoms with Gasteiger partial charge in [0.2, 0.25) is 0 Å². The number of ether oxygens (including phenoxy) is 1. The van der Waals surface area contributed by atoms with Crippen molar-refractivity contribution in [1.82, 2.24) is 24.4 Å². The van der Waals surface area contributed by atoms with E-state index in [1.54, 1.807) is 18.2 Å². The first-order chi connectivity index (χ1) is 14.0. The lowest BCUT2D eigenvalue weighted by atomic mass is 10.1. The van der Waals surface area contributed by atoms with E-state index in [9.17, 15) is 14.0 Å². The van der Waals surface area contributed by atoms with Gasteiger partial charge in [0.15, 0.2) is 11.2 Å². The molecule has 148 valence electrons. The van der Waals surface area contributed by atoms with E-state index in [0.717, 1.165) is 0 Å². The minimum Gasteiger partial charge on any atom is -0.481 e. The fourth-order valence-electron chi connectivity index (χ4n) is 3.17. The Balaban J connectivity index is 1.93. The Morgan fingerprint density at radius 3 is 2.66 bits per heavy atom. The molecular formula is C19H16FN5O4. The number of benzene rings is 1. The molecular weight excluding hydrogens is 381 g/mol. The second-order valence-corrected chi connectivity index (χ2v) is 6.39. The summed E-state index contributed by atoms with van der Waals surface area (Å²) in [5.74, 6) is -1.37. The number of pyridine rings is 1.